The Bertz CT molecular complexity index is 447. The fraction of sp³-hybridized carbons (Fsp3) is 0.600. The number of nitrogens with zero attached hydrogens (tertiary/aromatic N) is 2. The number of hydrogen-bond acceptors (Lipinski definition) is 3. The minimum absolute atomic E-state index is 0.0847. The highest BCUT2D eigenvalue weighted by Crippen LogP contribution is 2.27. The van der Waals surface area contributed by atoms with Gasteiger partial charge in [0.05, 0.1) is 5.02 Å². The van der Waals surface area contributed by atoms with Crippen molar-refractivity contribution < 1.29 is 4.39 Å². The molecule has 2 rings (SSSR count). The third kappa shape index (κ3) is 3.50. The van der Waals surface area contributed by atoms with Crippen LogP contribution in [0.3, 0.4) is 0 Å². The Hall–Kier alpha value is -0.680. The number of halogens is 2. The van der Waals surface area contributed by atoms with Gasteiger partial charge in [-0.2, -0.15) is 0 Å². The average molecular weight is 300 g/mol. The number of rotatable bonds is 4. The van der Waals surface area contributed by atoms with Crippen molar-refractivity contribution in [3.05, 3.63) is 34.6 Å². The Morgan fingerprint density at radius 1 is 1.45 bits per heavy atom. The molecule has 1 aliphatic heterocycles. The molecule has 0 radical (unpaired) electrons. The van der Waals surface area contributed by atoms with E-state index < -0.39 is 0 Å². The summed E-state index contributed by atoms with van der Waals surface area (Å²) in [6.45, 7) is 2.72. The van der Waals surface area contributed by atoms with Crippen molar-refractivity contribution >= 4 is 11.6 Å². The fourth-order valence-corrected chi connectivity index (χ4v) is 3.10. The largest absolute Gasteiger partial charge is 0.329 e. The predicted octanol–water partition coefficient (Wildman–Crippen LogP) is 2.50. The summed E-state index contributed by atoms with van der Waals surface area (Å²) >= 11 is 5.88. The van der Waals surface area contributed by atoms with E-state index in [1.807, 2.05) is 0 Å². The molecule has 1 aliphatic rings. The highest BCUT2D eigenvalue weighted by Gasteiger charge is 2.26. The van der Waals surface area contributed by atoms with Crippen molar-refractivity contribution in [2.24, 2.45) is 5.73 Å². The summed E-state index contributed by atoms with van der Waals surface area (Å²) in [5, 5.41) is 0.165. The van der Waals surface area contributed by atoms with E-state index in [4.69, 9.17) is 17.3 Å². The first-order chi connectivity index (χ1) is 9.52. The van der Waals surface area contributed by atoms with E-state index in [1.54, 1.807) is 12.1 Å². The molecule has 5 heteroatoms. The average Bonchev–Trinajstić information content (AvgIpc) is 2.44. The zero-order valence-corrected chi connectivity index (χ0v) is 12.9. The zero-order valence-electron chi connectivity index (χ0n) is 12.1. The molecule has 0 aliphatic carbocycles. The predicted molar refractivity (Wildman–Crippen MR) is 81.5 cm³/mol. The normalized spacial score (nSPS) is 19.5. The van der Waals surface area contributed by atoms with Gasteiger partial charge in [0.25, 0.3) is 0 Å². The minimum Gasteiger partial charge on any atom is -0.329 e. The SMILES string of the molecule is CN1CCC(N(C)C(CN)c2ccc(F)c(Cl)c2)CC1. The van der Waals surface area contributed by atoms with Crippen molar-refractivity contribution in [1.82, 2.24) is 9.80 Å². The quantitative estimate of drug-likeness (QED) is 0.927. The Morgan fingerprint density at radius 3 is 2.65 bits per heavy atom. The molecule has 1 aromatic rings. The Balaban J connectivity index is 2.12. The van der Waals surface area contributed by atoms with E-state index >= 15 is 0 Å². The fourth-order valence-electron chi connectivity index (χ4n) is 2.91. The van der Waals surface area contributed by atoms with E-state index in [9.17, 15) is 4.39 Å². The molecule has 1 heterocycles. The van der Waals surface area contributed by atoms with Crippen molar-refractivity contribution in [1.29, 1.82) is 0 Å². The summed E-state index contributed by atoms with van der Waals surface area (Å²) in [6.07, 6.45) is 2.27. The van der Waals surface area contributed by atoms with Crippen LogP contribution in [-0.4, -0.2) is 49.6 Å². The first-order valence-electron chi connectivity index (χ1n) is 7.08. The highest BCUT2D eigenvalue weighted by molar-refractivity contribution is 6.30. The van der Waals surface area contributed by atoms with E-state index in [-0.39, 0.29) is 16.9 Å². The van der Waals surface area contributed by atoms with Crippen LogP contribution in [0.1, 0.15) is 24.4 Å². The summed E-state index contributed by atoms with van der Waals surface area (Å²) in [5.41, 5.74) is 6.93. The first-order valence-corrected chi connectivity index (χ1v) is 7.46. The number of likely N-dealkylation sites (tertiary alicyclic amines) is 1. The van der Waals surface area contributed by atoms with Gasteiger partial charge in [-0.05, 0) is 57.7 Å². The van der Waals surface area contributed by atoms with Crippen LogP contribution in [0.2, 0.25) is 5.02 Å². The van der Waals surface area contributed by atoms with E-state index in [0.29, 0.717) is 12.6 Å². The highest BCUT2D eigenvalue weighted by atomic mass is 35.5. The van der Waals surface area contributed by atoms with Gasteiger partial charge in [-0.3, -0.25) is 4.90 Å². The number of piperidine rings is 1. The number of nitrogens with two attached hydrogens (primary N) is 1. The summed E-state index contributed by atoms with van der Waals surface area (Å²) < 4.78 is 13.3. The second-order valence-corrected chi connectivity index (χ2v) is 6.03. The van der Waals surface area contributed by atoms with Gasteiger partial charge in [0.1, 0.15) is 5.82 Å². The Kier molecular flexibility index (Phi) is 5.38. The van der Waals surface area contributed by atoms with Crippen LogP contribution in [-0.2, 0) is 0 Å². The van der Waals surface area contributed by atoms with Crippen LogP contribution in [0, 0.1) is 5.82 Å². The monoisotopic (exact) mass is 299 g/mol. The molecule has 1 saturated heterocycles. The van der Waals surface area contributed by atoms with Crippen LogP contribution >= 0.6 is 11.6 Å². The number of benzene rings is 1. The number of likely N-dealkylation sites (N-methyl/N-ethyl adjacent to an activating group) is 1. The third-order valence-corrected chi connectivity index (χ3v) is 4.60. The molecule has 1 fully saturated rings. The van der Waals surface area contributed by atoms with Gasteiger partial charge in [0.15, 0.2) is 0 Å². The van der Waals surface area contributed by atoms with Gasteiger partial charge in [0.2, 0.25) is 0 Å². The second kappa shape index (κ2) is 6.85. The molecule has 0 amide bonds. The maximum atomic E-state index is 13.3. The molecular formula is C15H23ClFN3. The van der Waals surface area contributed by atoms with Crippen LogP contribution in [0.5, 0.6) is 0 Å². The molecule has 0 bridgehead atoms. The lowest BCUT2D eigenvalue weighted by atomic mass is 9.98. The van der Waals surface area contributed by atoms with Crippen molar-refractivity contribution in [2.75, 3.05) is 33.7 Å². The zero-order chi connectivity index (χ0) is 14.7. The standard InChI is InChI=1S/C15H23ClFN3/c1-19-7-5-12(6-8-19)20(2)15(10-18)11-3-4-14(17)13(16)9-11/h3-4,9,12,15H,5-8,10,18H2,1-2H3. The lowest BCUT2D eigenvalue weighted by Gasteiger charge is -2.39. The molecule has 0 saturated carbocycles. The van der Waals surface area contributed by atoms with Crippen molar-refractivity contribution in [3.63, 3.8) is 0 Å². The van der Waals surface area contributed by atoms with Gasteiger partial charge < -0.3 is 10.6 Å². The van der Waals surface area contributed by atoms with Gasteiger partial charge >= 0.3 is 0 Å². The molecule has 3 nitrogen and oxygen atoms in total. The molecule has 20 heavy (non-hydrogen) atoms. The molecule has 0 spiro atoms. The maximum absolute atomic E-state index is 13.3. The van der Waals surface area contributed by atoms with Crippen LogP contribution in [0.15, 0.2) is 18.2 Å². The molecule has 2 N–H and O–H groups in total. The van der Waals surface area contributed by atoms with E-state index in [2.05, 4.69) is 23.9 Å². The summed E-state index contributed by atoms with van der Waals surface area (Å²) in [5.74, 6) is -0.381. The van der Waals surface area contributed by atoms with Gasteiger partial charge in [-0.15, -0.1) is 0 Å². The summed E-state index contributed by atoms with van der Waals surface area (Å²) in [6, 6.07) is 5.50. The number of hydrogen-bond donors (Lipinski definition) is 1. The van der Waals surface area contributed by atoms with E-state index in [0.717, 1.165) is 31.5 Å². The maximum Gasteiger partial charge on any atom is 0.141 e. The van der Waals surface area contributed by atoms with Gasteiger partial charge in [-0.25, -0.2) is 4.39 Å². The summed E-state index contributed by atoms with van der Waals surface area (Å²) in [7, 11) is 4.25. The first kappa shape index (κ1) is 15.7. The second-order valence-electron chi connectivity index (χ2n) is 5.62. The third-order valence-electron chi connectivity index (χ3n) is 4.31. The summed E-state index contributed by atoms with van der Waals surface area (Å²) in [4.78, 5) is 4.66. The van der Waals surface area contributed by atoms with Crippen LogP contribution in [0.4, 0.5) is 4.39 Å². The van der Waals surface area contributed by atoms with Crippen LogP contribution < -0.4 is 5.73 Å². The Morgan fingerprint density at radius 2 is 2.10 bits per heavy atom. The molecule has 1 aromatic carbocycles. The van der Waals surface area contributed by atoms with Gasteiger partial charge in [0, 0.05) is 18.6 Å². The minimum atomic E-state index is -0.381. The van der Waals surface area contributed by atoms with Gasteiger partial charge in [-0.1, -0.05) is 17.7 Å². The van der Waals surface area contributed by atoms with E-state index in [1.165, 1.54) is 6.07 Å². The molecule has 1 unspecified atom stereocenters. The smallest absolute Gasteiger partial charge is 0.141 e. The lowest BCUT2D eigenvalue weighted by Crippen LogP contribution is -2.45. The topological polar surface area (TPSA) is 32.5 Å². The van der Waals surface area contributed by atoms with Crippen molar-refractivity contribution in [2.45, 2.75) is 24.9 Å². The molecule has 0 aromatic heterocycles. The van der Waals surface area contributed by atoms with Crippen LogP contribution in [0.25, 0.3) is 0 Å². The lowest BCUT2D eigenvalue weighted by molar-refractivity contribution is 0.109. The molecule has 1 atom stereocenters. The molecule has 112 valence electrons. The molecular weight excluding hydrogens is 277 g/mol. The Labute approximate surface area is 125 Å². The van der Waals surface area contributed by atoms with Crippen molar-refractivity contribution in [3.8, 4) is 0 Å².